The van der Waals surface area contributed by atoms with E-state index in [2.05, 4.69) is 240 Å². The Morgan fingerprint density at radius 1 is 0.339 bits per heavy atom. The van der Waals surface area contributed by atoms with E-state index in [4.69, 9.17) is 23.3 Å². The van der Waals surface area contributed by atoms with Gasteiger partial charge in [0.2, 0.25) is 0 Å². The maximum atomic E-state index is 7.50. The standard InChI is InChI=1S/C18H15P.C14H15P.C12H10P.5CO.Rh.W/c1-4-10-16(11-5-1)19(17-12-6-2-7-13-17)18-14-8-3-9-15-18;1-2-15(13-9-5-3-6-10-13)14-11-7-4-8-12-14;1-3-7-11(8-4-1)13-12-9-5-2-6-10-12;5*1-2;;/h1-15H;3-12H,2H2,1H3;1-10H;;;;;;;/q;;-1;;;;;;;. The molecular weight excluding hydrogens is 1050 g/mol. The second-order valence-corrected chi connectivity index (χ2v) is 16.5. The van der Waals surface area contributed by atoms with Crippen LogP contribution in [0.1, 0.15) is 6.92 Å². The van der Waals surface area contributed by atoms with E-state index in [0.29, 0.717) is 0 Å². The van der Waals surface area contributed by atoms with Crippen LogP contribution in [0.25, 0.3) is 0 Å². The molecule has 7 aromatic rings. The smallest absolute Gasteiger partial charge is 0 e. The molecular formula is C49H40O5P3RhW-. The van der Waals surface area contributed by atoms with Crippen molar-refractivity contribution in [3.8, 4) is 0 Å². The van der Waals surface area contributed by atoms with E-state index in [0.717, 1.165) is 0 Å². The Balaban J connectivity index is -0.000000717. The van der Waals surface area contributed by atoms with Gasteiger partial charge in [0.15, 0.2) is 0 Å². The average molecular weight is 1090 g/mol. The van der Waals surface area contributed by atoms with E-state index in [9.17, 15) is 0 Å². The van der Waals surface area contributed by atoms with Crippen molar-refractivity contribution in [2.75, 3.05) is 6.16 Å². The molecule has 0 amide bonds. The minimum atomic E-state index is -0.446. The molecule has 59 heavy (non-hydrogen) atoms. The van der Waals surface area contributed by atoms with Gasteiger partial charge in [-0.25, -0.2) is 10.6 Å². The summed E-state index contributed by atoms with van der Waals surface area (Å²) in [6.07, 6.45) is 1.21. The van der Waals surface area contributed by atoms with Crippen LogP contribution in [0.3, 0.4) is 0 Å². The molecule has 0 heterocycles. The molecule has 5 nitrogen and oxygen atoms in total. The Labute approximate surface area is 381 Å². The Bertz CT molecular complexity index is 1870. The van der Waals surface area contributed by atoms with E-state index in [1.165, 1.54) is 51.9 Å². The van der Waals surface area contributed by atoms with Crippen molar-refractivity contribution in [3.63, 3.8) is 0 Å². The first kappa shape index (κ1) is 59.2. The van der Waals surface area contributed by atoms with Crippen molar-refractivity contribution >= 4 is 61.6 Å². The zero-order chi connectivity index (χ0) is 42.4. The van der Waals surface area contributed by atoms with Gasteiger partial charge in [0, 0.05) is 40.5 Å². The third-order valence-corrected chi connectivity index (χ3v) is 13.3. The van der Waals surface area contributed by atoms with Crippen LogP contribution >= 0.6 is 24.4 Å². The van der Waals surface area contributed by atoms with Gasteiger partial charge in [0.05, 0.1) is 0 Å². The van der Waals surface area contributed by atoms with E-state index < -0.39 is 7.92 Å². The SMILES string of the molecule is CCP(c1ccccc1)c1ccccc1.[C-]#[O+].[C-]#[O+].[C-]#[O+].[C-]#[O+].[C-]#[O+].[Rh].[W].c1ccc(P(c2ccccc2)c2ccccc2)cc1.c1ccc([P-]c2ccccc2)cc1. The Morgan fingerprint density at radius 2 is 0.525 bits per heavy atom. The third kappa shape index (κ3) is 23.9. The van der Waals surface area contributed by atoms with Crippen LogP contribution in [0.15, 0.2) is 212 Å². The zero-order valence-electron chi connectivity index (χ0n) is 32.0. The number of rotatable bonds is 8. The molecule has 1 radical (unpaired) electrons. The summed E-state index contributed by atoms with van der Waals surface area (Å²) in [4.78, 5) is 0. The number of benzene rings is 7. The fourth-order valence-corrected chi connectivity index (χ4v) is 10.4. The predicted molar refractivity (Wildman–Crippen MR) is 233 cm³/mol. The molecule has 10 heteroatoms. The first-order chi connectivity index (χ1) is 28.3. The monoisotopic (exact) mass is 1090 g/mol. The summed E-state index contributed by atoms with van der Waals surface area (Å²) >= 11 is 0. The summed E-state index contributed by atoms with van der Waals surface area (Å²) in [5, 5.41) is 9.82. The van der Waals surface area contributed by atoms with Gasteiger partial charge in [-0.3, -0.25) is 0 Å². The molecule has 0 N–H and O–H groups in total. The Morgan fingerprint density at radius 3 is 0.729 bits per heavy atom. The van der Waals surface area contributed by atoms with Gasteiger partial charge in [0.1, 0.15) is 0 Å². The predicted octanol–water partition coefficient (Wildman–Crippen LogP) is 8.98. The molecule has 0 aliphatic rings. The summed E-state index contributed by atoms with van der Waals surface area (Å²) in [7, 11) is 0.688. The number of hydrogen-bond donors (Lipinski definition) is 0. The summed E-state index contributed by atoms with van der Waals surface area (Å²) in [6, 6.07) is 74.9. The molecule has 0 aromatic heterocycles. The molecule has 0 fully saturated rings. The van der Waals surface area contributed by atoms with E-state index in [1.54, 1.807) is 0 Å². The van der Waals surface area contributed by atoms with Crippen molar-refractivity contribution in [2.24, 2.45) is 0 Å². The van der Waals surface area contributed by atoms with Crippen LogP contribution in [0, 0.1) is 33.3 Å². The van der Waals surface area contributed by atoms with Crippen LogP contribution in [0.4, 0.5) is 0 Å². The third-order valence-electron chi connectivity index (χ3n) is 7.27. The zero-order valence-corrected chi connectivity index (χ0v) is 39.3. The molecule has 7 aromatic carbocycles. The average Bonchev–Trinajstić information content (AvgIpc) is 3.33. The topological polar surface area (TPSA) is 99.5 Å². The number of hydrogen-bond acceptors (Lipinski definition) is 0. The summed E-state index contributed by atoms with van der Waals surface area (Å²) in [6.45, 7) is 24.8. The molecule has 0 atom stereocenters. The van der Waals surface area contributed by atoms with Crippen molar-refractivity contribution in [1.29, 1.82) is 0 Å². The molecule has 0 aliphatic heterocycles. The second-order valence-electron chi connectivity index (χ2n) is 10.5. The van der Waals surface area contributed by atoms with Crippen LogP contribution < -0.4 is 37.1 Å². The van der Waals surface area contributed by atoms with Crippen molar-refractivity contribution in [3.05, 3.63) is 246 Å². The van der Waals surface area contributed by atoms with Gasteiger partial charge in [-0.15, -0.1) is 0 Å². The first-order valence-electron chi connectivity index (χ1n) is 17.0. The molecule has 0 saturated heterocycles. The van der Waals surface area contributed by atoms with E-state index in [-0.39, 0.29) is 48.5 Å². The normalized spacial score (nSPS) is 8.42. The molecule has 0 saturated carbocycles. The molecule has 0 spiro atoms. The van der Waals surface area contributed by atoms with Gasteiger partial charge in [-0.2, -0.15) is 0 Å². The second kappa shape index (κ2) is 42.0. The van der Waals surface area contributed by atoms with Crippen molar-refractivity contribution < 1.29 is 63.8 Å². The first-order valence-corrected chi connectivity index (χ1v) is 20.7. The van der Waals surface area contributed by atoms with Gasteiger partial charge in [-0.1, -0.05) is 219 Å². The molecule has 7 rings (SSSR count). The summed E-state index contributed by atoms with van der Waals surface area (Å²) in [5.74, 6) is 0. The van der Waals surface area contributed by atoms with Crippen LogP contribution in [0.2, 0.25) is 0 Å². The molecule has 0 bridgehead atoms. The van der Waals surface area contributed by atoms with E-state index in [1.807, 2.05) is 12.1 Å². The fraction of sp³-hybridized carbons (Fsp3) is 0.0408. The Hall–Kier alpha value is -4.16. The fourth-order valence-electron chi connectivity index (χ4n) is 5.06. The van der Waals surface area contributed by atoms with Crippen LogP contribution in [-0.4, -0.2) is 6.16 Å². The van der Waals surface area contributed by atoms with Crippen molar-refractivity contribution in [1.82, 2.24) is 0 Å². The molecule has 297 valence electrons. The van der Waals surface area contributed by atoms with Gasteiger partial charge >= 0.3 is 56.5 Å². The quantitative estimate of drug-likeness (QED) is 0.0629. The minimum Gasteiger partial charge on any atom is -0.472 e. The summed E-state index contributed by atoms with van der Waals surface area (Å²) < 4.78 is 37.5. The molecule has 0 aliphatic carbocycles. The van der Waals surface area contributed by atoms with Crippen LogP contribution in [0.5, 0.6) is 0 Å². The van der Waals surface area contributed by atoms with Gasteiger partial charge < -0.3 is 8.58 Å². The van der Waals surface area contributed by atoms with Gasteiger partial charge in [-0.05, 0) is 48.5 Å². The summed E-state index contributed by atoms with van der Waals surface area (Å²) in [5.41, 5.74) is 0. The maximum Gasteiger partial charge on any atom is 0 e. The van der Waals surface area contributed by atoms with Crippen molar-refractivity contribution in [2.45, 2.75) is 6.92 Å². The Kier molecular flexibility index (Phi) is 42.1. The minimum absolute atomic E-state index is 0. The maximum absolute atomic E-state index is 7.50. The molecule has 0 unspecified atom stereocenters. The largest absolute Gasteiger partial charge is 0.472 e. The van der Waals surface area contributed by atoms with Crippen LogP contribution in [-0.2, 0) is 63.8 Å². The van der Waals surface area contributed by atoms with E-state index >= 15 is 0 Å². The van der Waals surface area contributed by atoms with Gasteiger partial charge in [0.25, 0.3) is 0 Å².